The number of aromatic nitrogens is 1. The summed E-state index contributed by atoms with van der Waals surface area (Å²) in [7, 11) is 0. The van der Waals surface area contributed by atoms with E-state index in [-0.39, 0.29) is 36.5 Å². The zero-order valence-corrected chi connectivity index (χ0v) is 24.3. The van der Waals surface area contributed by atoms with Gasteiger partial charge in [0.1, 0.15) is 23.5 Å². The molecule has 0 bridgehead atoms. The van der Waals surface area contributed by atoms with Crippen LogP contribution in [-0.2, 0) is 14.3 Å². The van der Waals surface area contributed by atoms with Gasteiger partial charge in [0.15, 0.2) is 0 Å². The van der Waals surface area contributed by atoms with Gasteiger partial charge in [-0.05, 0) is 57.4 Å². The maximum absolute atomic E-state index is 14.9. The van der Waals surface area contributed by atoms with Crippen LogP contribution in [0.2, 0.25) is 0 Å². The molecule has 10 nitrogen and oxygen atoms in total. The third kappa shape index (κ3) is 9.25. The van der Waals surface area contributed by atoms with Gasteiger partial charge >= 0.3 is 12.0 Å². The Labute approximate surface area is 249 Å². The monoisotopic (exact) mass is 597 g/mol. The summed E-state index contributed by atoms with van der Waals surface area (Å²) in [5.74, 6) is -1.31. The van der Waals surface area contributed by atoms with Crippen LogP contribution >= 0.6 is 0 Å². The largest absolute Gasteiger partial charge is 0.490 e. The van der Waals surface area contributed by atoms with Crippen LogP contribution in [0, 0.1) is 0 Å². The Morgan fingerprint density at radius 3 is 2.79 bits per heavy atom. The van der Waals surface area contributed by atoms with Crippen molar-refractivity contribution in [2.75, 3.05) is 19.7 Å². The molecule has 43 heavy (non-hydrogen) atoms. The van der Waals surface area contributed by atoms with Crippen LogP contribution in [0.3, 0.4) is 0 Å². The number of urea groups is 1. The fraction of sp³-hybridized carbons (Fsp3) is 0.419. The number of allylic oxidation sites excluding steroid dienone is 6. The van der Waals surface area contributed by atoms with Crippen molar-refractivity contribution in [1.29, 1.82) is 0 Å². The van der Waals surface area contributed by atoms with Crippen molar-refractivity contribution in [3.63, 3.8) is 0 Å². The van der Waals surface area contributed by atoms with Gasteiger partial charge in [-0.15, -0.1) is 0 Å². The number of nitrogens with zero attached hydrogens (tertiary/aromatic N) is 1. The molecule has 2 atom stereocenters. The highest BCUT2D eigenvalue weighted by molar-refractivity contribution is 6.03. The van der Waals surface area contributed by atoms with E-state index in [1.807, 2.05) is 6.08 Å². The summed E-state index contributed by atoms with van der Waals surface area (Å²) in [5, 5.41) is 7.78. The number of nitrogens with one attached hydrogen (secondary N) is 4. The highest BCUT2D eigenvalue weighted by Gasteiger charge is 2.26. The van der Waals surface area contributed by atoms with Gasteiger partial charge in [0.05, 0.1) is 35.3 Å². The standard InChI is InChI=1S/C31H37F2N5O5/c1-3-42-29(39)8-5-12-35-30(40)20-15-27(36-18-20)28-17-22(11-13-34-28)43-21-9-10-25(24(33)16-21)37-31(41)38-26-14-19(2)6-4-7-23(26)32/h6-7,9,14-16,18,22,25,36H,3-5,8,10-13,17H2,1-2H3,(H,35,40)(H2,37,38,41). The highest BCUT2D eigenvalue weighted by Crippen LogP contribution is 2.25. The predicted octanol–water partition coefficient (Wildman–Crippen LogP) is 4.95. The molecule has 2 unspecified atom stereocenters. The van der Waals surface area contributed by atoms with E-state index in [2.05, 4.69) is 25.9 Å². The molecule has 0 saturated heterocycles. The number of hydrogen-bond acceptors (Lipinski definition) is 6. The van der Waals surface area contributed by atoms with E-state index in [0.717, 1.165) is 11.3 Å². The Kier molecular flexibility index (Phi) is 11.1. The number of H-pyrrole nitrogens is 1. The highest BCUT2D eigenvalue weighted by atomic mass is 19.1. The van der Waals surface area contributed by atoms with Gasteiger partial charge < -0.3 is 30.4 Å². The van der Waals surface area contributed by atoms with E-state index < -0.39 is 23.7 Å². The van der Waals surface area contributed by atoms with Crippen molar-refractivity contribution < 1.29 is 32.6 Å². The number of carbonyl (C=O) groups is 3. The summed E-state index contributed by atoms with van der Waals surface area (Å²) in [6, 6.07) is 0.103. The lowest BCUT2D eigenvalue weighted by molar-refractivity contribution is -0.143. The smallest absolute Gasteiger partial charge is 0.319 e. The molecule has 2 heterocycles. The van der Waals surface area contributed by atoms with Crippen LogP contribution in [0.4, 0.5) is 13.6 Å². The van der Waals surface area contributed by atoms with Crippen LogP contribution in [0.25, 0.3) is 0 Å². The van der Waals surface area contributed by atoms with Crippen molar-refractivity contribution in [3.05, 3.63) is 82.6 Å². The first kappa shape index (κ1) is 31.5. The predicted molar refractivity (Wildman–Crippen MR) is 157 cm³/mol. The third-order valence-corrected chi connectivity index (χ3v) is 6.97. The van der Waals surface area contributed by atoms with Gasteiger partial charge in [0.25, 0.3) is 5.91 Å². The second-order valence-corrected chi connectivity index (χ2v) is 10.3. The molecule has 4 rings (SSSR count). The van der Waals surface area contributed by atoms with Gasteiger partial charge in [-0.25, -0.2) is 13.6 Å². The first-order valence-electron chi connectivity index (χ1n) is 14.4. The number of aliphatic imine (C=N–C) groups is 1. The van der Waals surface area contributed by atoms with Gasteiger partial charge in [0.2, 0.25) is 0 Å². The van der Waals surface area contributed by atoms with Crippen LogP contribution in [-0.4, -0.2) is 60.4 Å². The van der Waals surface area contributed by atoms with E-state index in [4.69, 9.17) is 9.47 Å². The summed E-state index contributed by atoms with van der Waals surface area (Å²) in [6.45, 7) is 4.73. The number of carbonyl (C=O) groups excluding carboxylic acids is 3. The number of amides is 3. The number of aromatic amines is 1. The lowest BCUT2D eigenvalue weighted by Crippen LogP contribution is -2.42. The molecule has 4 N–H and O–H groups in total. The fourth-order valence-electron chi connectivity index (χ4n) is 4.75. The molecule has 1 aromatic heterocycles. The number of esters is 1. The van der Waals surface area contributed by atoms with Gasteiger partial charge in [-0.3, -0.25) is 14.6 Å². The number of ether oxygens (including phenoxy) is 2. The zero-order chi connectivity index (χ0) is 30.8. The molecule has 230 valence electrons. The second kappa shape index (κ2) is 15.1. The summed E-state index contributed by atoms with van der Waals surface area (Å²) in [6.07, 6.45) is 11.4. The van der Waals surface area contributed by atoms with Crippen molar-refractivity contribution in [1.82, 2.24) is 20.9 Å². The average Bonchev–Trinajstić information content (AvgIpc) is 3.41. The molecule has 0 fully saturated rings. The third-order valence-electron chi connectivity index (χ3n) is 6.97. The Morgan fingerprint density at radius 2 is 2.00 bits per heavy atom. The Hall–Kier alpha value is -4.48. The SMILES string of the molecule is CCOC(=O)CCCNC(=O)c1c[nH]c(C2=NCCC(OC3=CCC(NC(=O)NC4=CC(C)=CCC=C4F)C(F)=C3)C2)c1. The number of hydrogen-bond donors (Lipinski definition) is 4. The van der Waals surface area contributed by atoms with E-state index in [1.165, 1.54) is 18.2 Å². The van der Waals surface area contributed by atoms with Crippen LogP contribution in [0.15, 0.2) is 76.3 Å². The van der Waals surface area contributed by atoms with Crippen molar-refractivity contribution in [3.8, 4) is 0 Å². The van der Waals surface area contributed by atoms with E-state index in [1.54, 1.807) is 32.2 Å². The summed E-state index contributed by atoms with van der Waals surface area (Å²) in [5.41, 5.74) is 2.72. The molecule has 0 saturated carbocycles. The minimum absolute atomic E-state index is 0.0270. The molecular formula is C31H37F2N5O5. The van der Waals surface area contributed by atoms with E-state index >= 15 is 0 Å². The Bertz CT molecular complexity index is 1400. The summed E-state index contributed by atoms with van der Waals surface area (Å²) < 4.78 is 40.0. The molecular weight excluding hydrogens is 560 g/mol. The number of halogens is 2. The molecule has 0 spiro atoms. The maximum Gasteiger partial charge on any atom is 0.319 e. The topological polar surface area (TPSA) is 134 Å². The number of rotatable bonds is 11. The van der Waals surface area contributed by atoms with Crippen LogP contribution in [0.1, 0.15) is 68.4 Å². The van der Waals surface area contributed by atoms with Gasteiger partial charge in [0, 0.05) is 44.6 Å². The van der Waals surface area contributed by atoms with Crippen LogP contribution < -0.4 is 16.0 Å². The molecule has 1 aliphatic heterocycles. The molecule has 3 aliphatic rings. The van der Waals surface area contributed by atoms with Crippen molar-refractivity contribution in [2.24, 2.45) is 4.99 Å². The first-order chi connectivity index (χ1) is 20.7. The Balaban J connectivity index is 1.24. The van der Waals surface area contributed by atoms with Crippen molar-refractivity contribution in [2.45, 2.75) is 64.5 Å². The molecule has 1 aromatic rings. The van der Waals surface area contributed by atoms with E-state index in [9.17, 15) is 23.2 Å². The van der Waals surface area contributed by atoms with Crippen LogP contribution in [0.5, 0.6) is 0 Å². The molecule has 12 heteroatoms. The Morgan fingerprint density at radius 1 is 1.16 bits per heavy atom. The lowest BCUT2D eigenvalue weighted by atomic mass is 10.0. The molecule has 0 radical (unpaired) electrons. The lowest BCUT2D eigenvalue weighted by Gasteiger charge is -2.26. The van der Waals surface area contributed by atoms with Gasteiger partial charge in [-0.2, -0.15) is 0 Å². The van der Waals surface area contributed by atoms with Crippen molar-refractivity contribution >= 4 is 23.6 Å². The summed E-state index contributed by atoms with van der Waals surface area (Å²) in [4.78, 5) is 44.0. The average molecular weight is 598 g/mol. The second-order valence-electron chi connectivity index (χ2n) is 10.3. The maximum atomic E-state index is 14.9. The van der Waals surface area contributed by atoms with Gasteiger partial charge in [-0.1, -0.05) is 11.6 Å². The minimum atomic E-state index is -0.903. The zero-order valence-electron chi connectivity index (χ0n) is 24.3. The summed E-state index contributed by atoms with van der Waals surface area (Å²) >= 11 is 0. The molecule has 3 amide bonds. The minimum Gasteiger partial charge on any atom is -0.490 e. The normalized spacial score (nSPS) is 20.2. The quantitative estimate of drug-likeness (QED) is 0.212. The molecule has 2 aliphatic carbocycles. The first-order valence-corrected chi connectivity index (χ1v) is 14.4. The molecule has 0 aromatic carbocycles. The fourth-order valence-corrected chi connectivity index (χ4v) is 4.75. The van der Waals surface area contributed by atoms with E-state index in [0.29, 0.717) is 62.4 Å².